The third kappa shape index (κ3) is 9.08. The highest BCUT2D eigenvalue weighted by Crippen LogP contribution is 2.32. The molecular weight excluding hydrogens is 747 g/mol. The highest BCUT2D eigenvalue weighted by Gasteiger charge is 2.42. The molecule has 58 heavy (non-hydrogen) atoms. The van der Waals surface area contributed by atoms with E-state index in [1.165, 1.54) is 23.9 Å². The minimum absolute atomic E-state index is 0.293. The maximum atomic E-state index is 13.5. The van der Waals surface area contributed by atoms with Crippen LogP contribution in [0.3, 0.4) is 0 Å². The molecule has 0 unspecified atom stereocenters. The first kappa shape index (κ1) is 42.7. The third-order valence-electron chi connectivity index (χ3n) is 10.9. The summed E-state index contributed by atoms with van der Waals surface area (Å²) in [6.45, 7) is 7.75. The van der Waals surface area contributed by atoms with Crippen LogP contribution in [0, 0.1) is 11.8 Å². The lowest BCUT2D eigenvalue weighted by molar-refractivity contribution is -0.141. The Morgan fingerprint density at radius 1 is 0.672 bits per heavy atom. The summed E-state index contributed by atoms with van der Waals surface area (Å²) in [5.41, 5.74) is 16.9. The van der Waals surface area contributed by atoms with Gasteiger partial charge in [0.25, 0.3) is 0 Å². The number of likely N-dealkylation sites (tertiary alicyclic amines) is 2. The van der Waals surface area contributed by atoms with E-state index in [9.17, 15) is 39.0 Å². The fourth-order valence-electron chi connectivity index (χ4n) is 7.84. The van der Waals surface area contributed by atoms with Gasteiger partial charge in [-0.2, -0.15) is 0 Å². The average molecular weight is 800 g/mol. The molecule has 2 aliphatic heterocycles. The van der Waals surface area contributed by atoms with Crippen LogP contribution in [-0.4, -0.2) is 122 Å². The maximum Gasteiger partial charge on any atom is 0.407 e. The van der Waals surface area contributed by atoms with E-state index in [1.54, 1.807) is 70.3 Å². The van der Waals surface area contributed by atoms with Gasteiger partial charge in [0.15, 0.2) is 0 Å². The van der Waals surface area contributed by atoms with Crippen LogP contribution in [-0.2, 0) is 19.2 Å². The third-order valence-corrected chi connectivity index (χ3v) is 10.9. The van der Waals surface area contributed by atoms with Crippen molar-refractivity contribution in [2.75, 3.05) is 49.3 Å². The zero-order valence-corrected chi connectivity index (χ0v) is 33.6. The van der Waals surface area contributed by atoms with E-state index >= 15 is 0 Å². The standard InChI is InChI=1S/C41H53N9O8/c1-22(2)34(47(5)40(55)56)38(53)49-17-7-9-32(49)36(51)45-30-15-11-24(19-27(30)42)26-13-14-29(44-21-26)25-12-16-31(28(43)20-25)46-37(52)33-10-8-18-50(33)39(54)35(23(3)4)48(6)41(57)58/h11-16,19-23,32-35H,7-10,17-18,42-43H2,1-6H3,(H,45,51)(H,46,52)(H,55,56)(H,57,58)/t32-,33-,34-,35-/m0/s1. The Morgan fingerprint density at radius 3 is 1.47 bits per heavy atom. The topological polar surface area (TPSA) is 245 Å². The molecule has 0 bridgehead atoms. The molecule has 310 valence electrons. The molecular formula is C41H53N9O8. The van der Waals surface area contributed by atoms with Gasteiger partial charge in [0, 0.05) is 44.5 Å². The monoisotopic (exact) mass is 799 g/mol. The first-order valence-corrected chi connectivity index (χ1v) is 19.3. The molecule has 3 heterocycles. The number of nitrogen functional groups attached to an aromatic ring is 2. The zero-order chi connectivity index (χ0) is 42.6. The van der Waals surface area contributed by atoms with Crippen LogP contribution in [0.15, 0.2) is 54.7 Å². The Bertz CT molecular complexity index is 1910. The van der Waals surface area contributed by atoms with Crippen LogP contribution in [0.4, 0.5) is 32.3 Å². The summed E-state index contributed by atoms with van der Waals surface area (Å²) in [5, 5.41) is 24.7. The number of carboxylic acid groups (broad SMARTS) is 2. The molecule has 17 nitrogen and oxygen atoms in total. The molecule has 2 fully saturated rings. The summed E-state index contributed by atoms with van der Waals surface area (Å²) in [6.07, 6.45) is 1.32. The number of hydrogen-bond donors (Lipinski definition) is 6. The van der Waals surface area contributed by atoms with Crippen LogP contribution >= 0.6 is 0 Å². The van der Waals surface area contributed by atoms with Crippen LogP contribution in [0.25, 0.3) is 22.4 Å². The van der Waals surface area contributed by atoms with Crippen molar-refractivity contribution in [2.45, 2.75) is 77.5 Å². The number of pyridine rings is 1. The summed E-state index contributed by atoms with van der Waals surface area (Å²) < 4.78 is 0. The summed E-state index contributed by atoms with van der Waals surface area (Å²) >= 11 is 0. The molecule has 8 N–H and O–H groups in total. The van der Waals surface area contributed by atoms with E-state index in [4.69, 9.17) is 11.5 Å². The number of benzene rings is 2. The molecule has 2 aromatic carbocycles. The molecule has 5 rings (SSSR count). The van der Waals surface area contributed by atoms with Crippen molar-refractivity contribution in [1.29, 1.82) is 0 Å². The Morgan fingerprint density at radius 2 is 1.09 bits per heavy atom. The van der Waals surface area contributed by atoms with Crippen LogP contribution in [0.5, 0.6) is 0 Å². The van der Waals surface area contributed by atoms with Gasteiger partial charge >= 0.3 is 12.2 Å². The number of carbonyl (C=O) groups is 6. The number of aromatic nitrogens is 1. The molecule has 1 aromatic heterocycles. The number of nitrogens with one attached hydrogen (secondary N) is 2. The van der Waals surface area contributed by atoms with Crippen molar-refractivity contribution in [1.82, 2.24) is 24.6 Å². The molecule has 3 aromatic rings. The number of nitrogens with two attached hydrogens (primary N) is 2. The van der Waals surface area contributed by atoms with E-state index in [0.29, 0.717) is 72.8 Å². The van der Waals surface area contributed by atoms with E-state index in [2.05, 4.69) is 15.6 Å². The van der Waals surface area contributed by atoms with Gasteiger partial charge in [-0.3, -0.25) is 34.0 Å². The van der Waals surface area contributed by atoms with Gasteiger partial charge in [-0.25, -0.2) is 9.59 Å². The first-order chi connectivity index (χ1) is 27.4. The van der Waals surface area contributed by atoms with Gasteiger partial charge in [0.1, 0.15) is 24.2 Å². The molecule has 2 saturated heterocycles. The Balaban J connectivity index is 1.23. The molecule has 4 atom stereocenters. The number of nitrogens with zero attached hydrogens (tertiary/aromatic N) is 5. The Labute approximate surface area is 337 Å². The number of likely N-dealkylation sites (N-methyl/N-ethyl adjacent to an activating group) is 2. The fourth-order valence-corrected chi connectivity index (χ4v) is 7.84. The number of hydrogen-bond acceptors (Lipinski definition) is 9. The normalized spacial score (nSPS) is 17.5. The quantitative estimate of drug-likeness (QED) is 0.137. The predicted molar refractivity (Wildman–Crippen MR) is 219 cm³/mol. The lowest BCUT2D eigenvalue weighted by atomic mass is 10.0. The second kappa shape index (κ2) is 17.8. The van der Waals surface area contributed by atoms with Gasteiger partial charge in [0.05, 0.1) is 28.4 Å². The largest absolute Gasteiger partial charge is 0.465 e. The van der Waals surface area contributed by atoms with Gasteiger partial charge in [-0.15, -0.1) is 0 Å². The van der Waals surface area contributed by atoms with E-state index in [1.807, 2.05) is 12.1 Å². The summed E-state index contributed by atoms with van der Waals surface area (Å²) in [7, 11) is 2.71. The van der Waals surface area contributed by atoms with Crippen molar-refractivity contribution in [3.05, 3.63) is 54.7 Å². The summed E-state index contributed by atoms with van der Waals surface area (Å²) in [4.78, 5) is 86.5. The Kier molecular flexibility index (Phi) is 13.1. The summed E-state index contributed by atoms with van der Waals surface area (Å²) in [6, 6.07) is 10.6. The molecule has 0 spiro atoms. The van der Waals surface area contributed by atoms with Crippen LogP contribution in [0.2, 0.25) is 0 Å². The highest BCUT2D eigenvalue weighted by molar-refractivity contribution is 6.02. The number of carbonyl (C=O) groups excluding carboxylic acids is 4. The SMILES string of the molecule is CC(C)[C@@H](C(=O)N1CCC[C@H]1C(=O)Nc1ccc(-c2ccc(-c3ccc(NC(=O)[C@@H]4CCCN4C(=O)[C@H](C(C)C)N(C)C(=O)O)c(N)c3)nc2)cc1N)N(C)C(=O)O. The number of amides is 6. The smallest absolute Gasteiger partial charge is 0.407 e. The molecule has 6 amide bonds. The van der Waals surface area contributed by atoms with Crippen molar-refractivity contribution in [3.63, 3.8) is 0 Å². The highest BCUT2D eigenvalue weighted by atomic mass is 16.4. The van der Waals surface area contributed by atoms with Crippen molar-refractivity contribution >= 4 is 58.6 Å². The zero-order valence-electron chi connectivity index (χ0n) is 33.6. The van der Waals surface area contributed by atoms with Crippen molar-refractivity contribution < 1.29 is 39.0 Å². The van der Waals surface area contributed by atoms with E-state index < -0.39 is 60.0 Å². The van der Waals surface area contributed by atoms with Gasteiger partial charge in [-0.1, -0.05) is 45.9 Å². The minimum Gasteiger partial charge on any atom is -0.465 e. The van der Waals surface area contributed by atoms with Crippen molar-refractivity contribution in [2.24, 2.45) is 11.8 Å². The number of rotatable bonds is 12. The lowest BCUT2D eigenvalue weighted by Crippen LogP contribution is -2.54. The van der Waals surface area contributed by atoms with Crippen LogP contribution < -0.4 is 22.1 Å². The predicted octanol–water partition coefficient (Wildman–Crippen LogP) is 4.71. The van der Waals surface area contributed by atoms with E-state index in [-0.39, 0.29) is 11.8 Å². The van der Waals surface area contributed by atoms with E-state index in [0.717, 1.165) is 20.9 Å². The second-order valence-electron chi connectivity index (χ2n) is 15.6. The maximum absolute atomic E-state index is 13.5. The van der Waals surface area contributed by atoms with Crippen LogP contribution in [0.1, 0.15) is 53.4 Å². The molecule has 0 aliphatic carbocycles. The molecule has 0 radical (unpaired) electrons. The molecule has 2 aliphatic rings. The van der Waals surface area contributed by atoms with Gasteiger partial charge in [0.2, 0.25) is 23.6 Å². The number of anilines is 4. The lowest BCUT2D eigenvalue weighted by Gasteiger charge is -2.33. The molecule has 17 heteroatoms. The fraction of sp³-hybridized carbons (Fsp3) is 0.439. The average Bonchev–Trinajstić information content (AvgIpc) is 3.87. The van der Waals surface area contributed by atoms with Gasteiger partial charge in [-0.05, 0) is 73.4 Å². The van der Waals surface area contributed by atoms with Crippen molar-refractivity contribution in [3.8, 4) is 22.4 Å². The second-order valence-corrected chi connectivity index (χ2v) is 15.6. The Hall–Kier alpha value is -6.39. The minimum atomic E-state index is -1.22. The summed E-state index contributed by atoms with van der Waals surface area (Å²) in [5.74, 6) is -2.22. The molecule has 0 saturated carbocycles. The first-order valence-electron chi connectivity index (χ1n) is 19.3. The van der Waals surface area contributed by atoms with Gasteiger partial charge < -0.3 is 42.1 Å².